The molecule has 0 bridgehead atoms. The number of thiazole rings is 1. The Bertz CT molecular complexity index is 685. The van der Waals surface area contributed by atoms with Crippen LogP contribution in [-0.2, 0) is 17.8 Å². The van der Waals surface area contributed by atoms with E-state index in [1.807, 2.05) is 0 Å². The first-order valence-corrected chi connectivity index (χ1v) is 6.98. The van der Waals surface area contributed by atoms with Gasteiger partial charge in [-0.25, -0.2) is 14.2 Å². The molecule has 0 aliphatic heterocycles. The van der Waals surface area contributed by atoms with Gasteiger partial charge in [-0.1, -0.05) is 12.1 Å². The number of nitrogens with one attached hydrogen (secondary N) is 1. The molecule has 0 fully saturated rings. The summed E-state index contributed by atoms with van der Waals surface area (Å²) in [4.78, 5) is 26.9. The molecule has 2 N–H and O–H groups in total. The molecule has 0 saturated heterocycles. The van der Waals surface area contributed by atoms with Gasteiger partial charge in [-0.05, 0) is 24.6 Å². The van der Waals surface area contributed by atoms with Crippen molar-refractivity contribution >= 4 is 23.2 Å². The number of aromatic carboxylic acids is 1. The monoisotopic (exact) mass is 308 g/mol. The lowest BCUT2D eigenvalue weighted by Crippen LogP contribution is -2.24. The lowest BCUT2D eigenvalue weighted by molar-refractivity contribution is -0.120. The van der Waals surface area contributed by atoms with Crippen molar-refractivity contribution in [3.8, 4) is 0 Å². The lowest BCUT2D eigenvalue weighted by Gasteiger charge is -2.03. The van der Waals surface area contributed by atoms with E-state index < -0.39 is 5.97 Å². The predicted octanol–water partition coefficient (Wildman–Crippen LogP) is 2.15. The Labute approximate surface area is 124 Å². The van der Waals surface area contributed by atoms with Crippen LogP contribution < -0.4 is 5.32 Å². The molecule has 2 aromatic rings. The van der Waals surface area contributed by atoms with E-state index in [0.717, 1.165) is 11.3 Å². The van der Waals surface area contributed by atoms with Gasteiger partial charge in [0.05, 0.1) is 18.7 Å². The zero-order valence-corrected chi connectivity index (χ0v) is 12.0. The number of aromatic nitrogens is 1. The zero-order chi connectivity index (χ0) is 15.4. The van der Waals surface area contributed by atoms with Gasteiger partial charge in [-0.3, -0.25) is 4.79 Å². The number of carboxylic acid groups (broad SMARTS) is 1. The summed E-state index contributed by atoms with van der Waals surface area (Å²) in [7, 11) is 0. The van der Waals surface area contributed by atoms with Crippen LogP contribution in [0.3, 0.4) is 0 Å². The van der Waals surface area contributed by atoms with Crippen LogP contribution in [-0.4, -0.2) is 22.0 Å². The van der Waals surface area contributed by atoms with E-state index in [1.165, 1.54) is 12.1 Å². The summed E-state index contributed by atoms with van der Waals surface area (Å²) < 4.78 is 13.0. The van der Waals surface area contributed by atoms with Gasteiger partial charge >= 0.3 is 5.97 Å². The Morgan fingerprint density at radius 2 is 2.19 bits per heavy atom. The molecule has 5 nitrogen and oxygen atoms in total. The van der Waals surface area contributed by atoms with E-state index in [9.17, 15) is 14.0 Å². The number of carbonyl (C=O) groups excluding carboxylic acids is 1. The summed E-state index contributed by atoms with van der Waals surface area (Å²) in [5.74, 6) is -1.69. The first kappa shape index (κ1) is 15.1. The highest BCUT2D eigenvalue weighted by molar-refractivity contribution is 7.13. The maximum atomic E-state index is 13.0. The number of hydrogen-bond acceptors (Lipinski definition) is 4. The average Bonchev–Trinajstić information content (AvgIpc) is 2.78. The maximum absolute atomic E-state index is 13.0. The number of halogens is 1. The van der Waals surface area contributed by atoms with E-state index in [4.69, 9.17) is 5.11 Å². The van der Waals surface area contributed by atoms with Crippen LogP contribution in [0.25, 0.3) is 0 Å². The molecule has 1 heterocycles. The minimum atomic E-state index is -1.03. The fourth-order valence-corrected chi connectivity index (χ4v) is 2.64. The van der Waals surface area contributed by atoms with Crippen LogP contribution in [0.5, 0.6) is 0 Å². The number of nitrogens with zero attached hydrogens (tertiary/aromatic N) is 1. The number of aryl methyl sites for hydroxylation is 1. The highest BCUT2D eigenvalue weighted by Gasteiger charge is 2.14. The summed E-state index contributed by atoms with van der Waals surface area (Å²) in [6.45, 7) is 1.77. The van der Waals surface area contributed by atoms with Crippen LogP contribution in [0.1, 0.15) is 25.9 Å². The molecule has 1 aromatic heterocycles. The van der Waals surface area contributed by atoms with Gasteiger partial charge < -0.3 is 10.4 Å². The van der Waals surface area contributed by atoms with Crippen molar-refractivity contribution in [3.63, 3.8) is 0 Å². The Morgan fingerprint density at radius 3 is 2.81 bits per heavy atom. The molecule has 1 amide bonds. The van der Waals surface area contributed by atoms with Crippen molar-refractivity contribution in [2.24, 2.45) is 0 Å². The highest BCUT2D eigenvalue weighted by Crippen LogP contribution is 2.17. The third-order valence-corrected chi connectivity index (χ3v) is 3.87. The molecular formula is C14H13FN2O3S. The van der Waals surface area contributed by atoms with Crippen LogP contribution in [0, 0.1) is 12.7 Å². The quantitative estimate of drug-likeness (QED) is 0.887. The van der Waals surface area contributed by atoms with Crippen LogP contribution in [0.2, 0.25) is 0 Å². The maximum Gasteiger partial charge on any atom is 0.347 e. The van der Waals surface area contributed by atoms with Gasteiger partial charge in [0.1, 0.15) is 15.7 Å². The van der Waals surface area contributed by atoms with Crippen LogP contribution >= 0.6 is 11.3 Å². The first-order chi connectivity index (χ1) is 9.95. The second kappa shape index (κ2) is 6.45. The zero-order valence-electron chi connectivity index (χ0n) is 11.2. The Balaban J connectivity index is 1.92. The molecule has 0 saturated carbocycles. The normalized spacial score (nSPS) is 10.4. The topological polar surface area (TPSA) is 79.3 Å². The number of carbonyl (C=O) groups is 2. The summed E-state index contributed by atoms with van der Waals surface area (Å²) >= 11 is 1.03. The summed E-state index contributed by atoms with van der Waals surface area (Å²) in [5, 5.41) is 12.1. The van der Waals surface area contributed by atoms with Crippen molar-refractivity contribution in [2.75, 3.05) is 0 Å². The van der Waals surface area contributed by atoms with E-state index in [1.54, 1.807) is 19.1 Å². The fourth-order valence-electron chi connectivity index (χ4n) is 1.80. The van der Waals surface area contributed by atoms with Crippen LogP contribution in [0.15, 0.2) is 24.3 Å². The summed E-state index contributed by atoms with van der Waals surface area (Å²) in [5.41, 5.74) is 1.01. The lowest BCUT2D eigenvalue weighted by atomic mass is 10.1. The minimum Gasteiger partial charge on any atom is -0.477 e. The molecule has 7 heteroatoms. The van der Waals surface area contributed by atoms with Crippen molar-refractivity contribution in [1.29, 1.82) is 0 Å². The predicted molar refractivity (Wildman–Crippen MR) is 75.8 cm³/mol. The second-order valence-corrected chi connectivity index (χ2v) is 5.49. The third kappa shape index (κ3) is 4.09. The molecular weight excluding hydrogens is 295 g/mol. The van der Waals surface area contributed by atoms with Crippen molar-refractivity contribution in [1.82, 2.24) is 10.3 Å². The van der Waals surface area contributed by atoms with Gasteiger partial charge in [0.25, 0.3) is 0 Å². The van der Waals surface area contributed by atoms with E-state index in [-0.39, 0.29) is 29.6 Å². The van der Waals surface area contributed by atoms with Gasteiger partial charge in [0.15, 0.2) is 0 Å². The van der Waals surface area contributed by atoms with Crippen molar-refractivity contribution in [3.05, 3.63) is 51.2 Å². The van der Waals surface area contributed by atoms with E-state index in [0.29, 0.717) is 16.3 Å². The highest BCUT2D eigenvalue weighted by atomic mass is 32.1. The number of amides is 1. The number of rotatable bonds is 5. The largest absolute Gasteiger partial charge is 0.477 e. The molecule has 0 radical (unpaired) electrons. The number of benzene rings is 1. The molecule has 0 aliphatic rings. The van der Waals surface area contributed by atoms with Gasteiger partial charge in [-0.15, -0.1) is 11.3 Å². The molecule has 0 atom stereocenters. The van der Waals surface area contributed by atoms with E-state index >= 15 is 0 Å². The minimum absolute atomic E-state index is 0.0634. The fraction of sp³-hybridized carbons (Fsp3) is 0.214. The third-order valence-electron chi connectivity index (χ3n) is 2.73. The molecule has 2 rings (SSSR count). The van der Waals surface area contributed by atoms with Crippen molar-refractivity contribution < 1.29 is 19.1 Å². The standard InChI is InChI=1S/C14H13FN2O3S/c1-8-13(14(19)20)21-12(17-8)7-16-11(18)6-9-3-2-4-10(15)5-9/h2-5H,6-7H2,1H3,(H,16,18)(H,19,20). The average molecular weight is 308 g/mol. The Kier molecular flexibility index (Phi) is 4.64. The van der Waals surface area contributed by atoms with Gasteiger partial charge in [0, 0.05) is 0 Å². The van der Waals surface area contributed by atoms with Crippen molar-refractivity contribution in [2.45, 2.75) is 19.9 Å². The SMILES string of the molecule is Cc1nc(CNC(=O)Cc2cccc(F)c2)sc1C(=O)O. The smallest absolute Gasteiger partial charge is 0.347 e. The number of carboxylic acids is 1. The van der Waals surface area contributed by atoms with Gasteiger partial charge in [-0.2, -0.15) is 0 Å². The second-order valence-electron chi connectivity index (χ2n) is 4.41. The molecule has 0 aliphatic carbocycles. The molecule has 21 heavy (non-hydrogen) atoms. The van der Waals surface area contributed by atoms with E-state index in [2.05, 4.69) is 10.3 Å². The number of hydrogen-bond donors (Lipinski definition) is 2. The van der Waals surface area contributed by atoms with Gasteiger partial charge in [0.2, 0.25) is 5.91 Å². The first-order valence-electron chi connectivity index (χ1n) is 6.16. The van der Waals surface area contributed by atoms with Crippen LogP contribution in [0.4, 0.5) is 4.39 Å². The summed E-state index contributed by atoms with van der Waals surface area (Å²) in [6.07, 6.45) is 0.0634. The molecule has 0 unspecified atom stereocenters. The Morgan fingerprint density at radius 1 is 1.43 bits per heavy atom. The molecule has 110 valence electrons. The Hall–Kier alpha value is -2.28. The molecule has 1 aromatic carbocycles. The summed E-state index contributed by atoms with van der Waals surface area (Å²) in [6, 6.07) is 5.82. The molecule has 0 spiro atoms.